The highest BCUT2D eigenvalue weighted by Crippen LogP contribution is 2.33. The van der Waals surface area contributed by atoms with E-state index in [-0.39, 0.29) is 5.38 Å². The van der Waals surface area contributed by atoms with Crippen LogP contribution in [0.25, 0.3) is 0 Å². The molecule has 0 amide bonds. The van der Waals surface area contributed by atoms with Crippen molar-refractivity contribution in [3.8, 4) is 0 Å². The monoisotopic (exact) mass is 250 g/mol. The zero-order valence-electron chi connectivity index (χ0n) is 10.1. The minimum atomic E-state index is 0.115. The summed E-state index contributed by atoms with van der Waals surface area (Å²) >= 11 is 6.51. The first-order valence-electron chi connectivity index (χ1n) is 6.70. The molecular weight excluding hydrogens is 232 g/mol. The number of rotatable bonds is 3. The largest absolute Gasteiger partial charge is 0.378 e. The van der Waals surface area contributed by atoms with Crippen LogP contribution >= 0.6 is 11.6 Å². The second-order valence-corrected chi connectivity index (χ2v) is 5.75. The molecule has 0 N–H and O–H groups in total. The number of benzene rings is 1. The summed E-state index contributed by atoms with van der Waals surface area (Å²) in [5.41, 5.74) is 4.32. The van der Waals surface area contributed by atoms with Crippen LogP contribution in [0.5, 0.6) is 0 Å². The lowest BCUT2D eigenvalue weighted by atomic mass is 10.0. The first-order chi connectivity index (χ1) is 8.33. The SMILES string of the molecule is ClC(CC1CCCO1)c1ccc2c(c1)CCC2. The fourth-order valence-corrected chi connectivity index (χ4v) is 3.32. The quantitative estimate of drug-likeness (QED) is 0.736. The maximum Gasteiger partial charge on any atom is 0.0610 e. The van der Waals surface area contributed by atoms with Gasteiger partial charge in [-0.1, -0.05) is 18.2 Å². The van der Waals surface area contributed by atoms with E-state index < -0.39 is 0 Å². The summed E-state index contributed by atoms with van der Waals surface area (Å²) in [6.45, 7) is 0.915. The number of ether oxygens (including phenoxy) is 1. The Bertz CT molecular complexity index is 396. The van der Waals surface area contributed by atoms with Gasteiger partial charge in [0.15, 0.2) is 0 Å². The highest BCUT2D eigenvalue weighted by atomic mass is 35.5. The Morgan fingerprint density at radius 1 is 1.24 bits per heavy atom. The van der Waals surface area contributed by atoms with Crippen molar-refractivity contribution < 1.29 is 4.74 Å². The standard InChI is InChI=1S/C15H19ClO/c16-15(10-14-5-2-8-17-14)13-7-6-11-3-1-4-12(11)9-13/h6-7,9,14-15H,1-5,8,10H2. The summed E-state index contributed by atoms with van der Waals surface area (Å²) in [6.07, 6.45) is 7.48. The topological polar surface area (TPSA) is 9.23 Å². The minimum Gasteiger partial charge on any atom is -0.378 e. The van der Waals surface area contributed by atoms with Gasteiger partial charge in [-0.25, -0.2) is 0 Å². The second kappa shape index (κ2) is 4.99. The molecular formula is C15H19ClO. The Kier molecular flexibility index (Phi) is 3.39. The lowest BCUT2D eigenvalue weighted by Gasteiger charge is -2.15. The van der Waals surface area contributed by atoms with Crippen molar-refractivity contribution in [3.63, 3.8) is 0 Å². The van der Waals surface area contributed by atoms with Gasteiger partial charge in [0.2, 0.25) is 0 Å². The number of alkyl halides is 1. The van der Waals surface area contributed by atoms with Gasteiger partial charge in [0, 0.05) is 6.61 Å². The summed E-state index contributed by atoms with van der Waals surface area (Å²) in [7, 11) is 0. The molecule has 1 aliphatic carbocycles. The molecule has 0 spiro atoms. The molecule has 1 aromatic rings. The van der Waals surface area contributed by atoms with Crippen LogP contribution in [-0.4, -0.2) is 12.7 Å². The Morgan fingerprint density at radius 2 is 2.12 bits per heavy atom. The molecule has 1 aliphatic heterocycles. The van der Waals surface area contributed by atoms with E-state index in [1.807, 2.05) is 0 Å². The van der Waals surface area contributed by atoms with Gasteiger partial charge in [-0.05, 0) is 55.2 Å². The van der Waals surface area contributed by atoms with Crippen molar-refractivity contribution in [2.24, 2.45) is 0 Å². The van der Waals surface area contributed by atoms with E-state index in [2.05, 4.69) is 18.2 Å². The molecule has 92 valence electrons. The van der Waals surface area contributed by atoms with Crippen molar-refractivity contribution in [1.82, 2.24) is 0 Å². The van der Waals surface area contributed by atoms with Crippen molar-refractivity contribution in [2.75, 3.05) is 6.61 Å². The molecule has 3 rings (SSSR count). The van der Waals surface area contributed by atoms with Crippen LogP contribution in [-0.2, 0) is 17.6 Å². The van der Waals surface area contributed by atoms with Gasteiger partial charge in [-0.3, -0.25) is 0 Å². The van der Waals surface area contributed by atoms with Gasteiger partial charge in [0.1, 0.15) is 0 Å². The predicted molar refractivity (Wildman–Crippen MR) is 70.7 cm³/mol. The lowest BCUT2D eigenvalue weighted by Crippen LogP contribution is -2.08. The van der Waals surface area contributed by atoms with Crippen LogP contribution in [0.2, 0.25) is 0 Å². The number of hydrogen-bond acceptors (Lipinski definition) is 1. The van der Waals surface area contributed by atoms with Gasteiger partial charge in [0.05, 0.1) is 11.5 Å². The fourth-order valence-electron chi connectivity index (χ4n) is 2.98. The molecule has 0 radical (unpaired) electrons. The maximum absolute atomic E-state index is 6.51. The highest BCUT2D eigenvalue weighted by molar-refractivity contribution is 6.20. The Balaban J connectivity index is 1.70. The zero-order valence-corrected chi connectivity index (χ0v) is 10.9. The lowest BCUT2D eigenvalue weighted by molar-refractivity contribution is 0.103. The molecule has 1 fully saturated rings. The molecule has 1 aromatic carbocycles. The van der Waals surface area contributed by atoms with Gasteiger partial charge < -0.3 is 4.74 Å². The van der Waals surface area contributed by atoms with Crippen LogP contribution in [0.15, 0.2) is 18.2 Å². The smallest absolute Gasteiger partial charge is 0.0610 e. The van der Waals surface area contributed by atoms with Crippen molar-refractivity contribution in [1.29, 1.82) is 0 Å². The van der Waals surface area contributed by atoms with E-state index in [4.69, 9.17) is 16.3 Å². The van der Waals surface area contributed by atoms with Gasteiger partial charge in [-0.15, -0.1) is 11.6 Å². The maximum atomic E-state index is 6.51. The number of halogens is 1. The van der Waals surface area contributed by atoms with Crippen LogP contribution in [0, 0.1) is 0 Å². The molecule has 1 saturated heterocycles. The van der Waals surface area contributed by atoms with Gasteiger partial charge in [-0.2, -0.15) is 0 Å². The fraction of sp³-hybridized carbons (Fsp3) is 0.600. The number of aryl methyl sites for hydroxylation is 2. The van der Waals surface area contributed by atoms with E-state index in [0.717, 1.165) is 13.0 Å². The molecule has 1 heterocycles. The minimum absolute atomic E-state index is 0.115. The van der Waals surface area contributed by atoms with Crippen LogP contribution in [0.1, 0.15) is 47.8 Å². The van der Waals surface area contributed by atoms with Crippen molar-refractivity contribution >= 4 is 11.6 Å². The molecule has 2 atom stereocenters. The molecule has 2 heteroatoms. The first kappa shape index (κ1) is 11.6. The third-order valence-corrected chi connectivity index (χ3v) is 4.41. The van der Waals surface area contributed by atoms with E-state index in [0.29, 0.717) is 6.10 Å². The van der Waals surface area contributed by atoms with Gasteiger partial charge >= 0.3 is 0 Å². The second-order valence-electron chi connectivity index (χ2n) is 5.22. The van der Waals surface area contributed by atoms with Crippen LogP contribution in [0.3, 0.4) is 0 Å². The van der Waals surface area contributed by atoms with Crippen molar-refractivity contribution in [2.45, 2.75) is 50.0 Å². The van der Waals surface area contributed by atoms with Crippen LogP contribution in [0.4, 0.5) is 0 Å². The molecule has 2 aliphatic rings. The third-order valence-electron chi connectivity index (χ3n) is 3.98. The highest BCUT2D eigenvalue weighted by Gasteiger charge is 2.21. The normalized spacial score (nSPS) is 24.9. The zero-order chi connectivity index (χ0) is 11.7. The molecule has 1 nitrogen and oxygen atoms in total. The summed E-state index contributed by atoms with van der Waals surface area (Å²) in [5, 5.41) is 0.115. The summed E-state index contributed by atoms with van der Waals surface area (Å²) < 4.78 is 5.65. The third kappa shape index (κ3) is 2.51. The Labute approximate surface area is 108 Å². The van der Waals surface area contributed by atoms with E-state index in [1.54, 1.807) is 0 Å². The summed E-state index contributed by atoms with van der Waals surface area (Å²) in [6, 6.07) is 6.79. The molecule has 0 aromatic heterocycles. The van der Waals surface area contributed by atoms with E-state index >= 15 is 0 Å². The predicted octanol–water partition coefficient (Wildman–Crippen LogP) is 4.02. The first-order valence-corrected chi connectivity index (χ1v) is 7.14. The van der Waals surface area contributed by atoms with Crippen LogP contribution < -0.4 is 0 Å². The Hall–Kier alpha value is -0.530. The van der Waals surface area contributed by atoms with E-state index in [1.165, 1.54) is 48.8 Å². The van der Waals surface area contributed by atoms with Crippen molar-refractivity contribution in [3.05, 3.63) is 34.9 Å². The van der Waals surface area contributed by atoms with E-state index in [9.17, 15) is 0 Å². The average Bonchev–Trinajstić information content (AvgIpc) is 2.97. The van der Waals surface area contributed by atoms with Gasteiger partial charge in [0.25, 0.3) is 0 Å². The summed E-state index contributed by atoms with van der Waals surface area (Å²) in [5.74, 6) is 0. The summed E-state index contributed by atoms with van der Waals surface area (Å²) in [4.78, 5) is 0. The molecule has 17 heavy (non-hydrogen) atoms. The number of fused-ring (bicyclic) bond motifs is 1. The molecule has 0 bridgehead atoms. The number of hydrogen-bond donors (Lipinski definition) is 0. The average molecular weight is 251 g/mol. The Morgan fingerprint density at radius 3 is 2.94 bits per heavy atom. The molecule has 0 saturated carbocycles. The molecule has 2 unspecified atom stereocenters.